The Balaban J connectivity index is 1.91. The molecule has 1 aliphatic heterocycles. The molecule has 2 amide bonds. The normalized spacial score (nSPS) is 17.7. The molecular weight excluding hydrogens is 306 g/mol. The van der Waals surface area contributed by atoms with E-state index in [-0.39, 0.29) is 23.3 Å². The van der Waals surface area contributed by atoms with E-state index < -0.39 is 5.91 Å². The monoisotopic (exact) mass is 327 g/mol. The summed E-state index contributed by atoms with van der Waals surface area (Å²) in [4.78, 5) is 26.3. The summed E-state index contributed by atoms with van der Waals surface area (Å²) in [5.41, 5.74) is 6.59. The van der Waals surface area contributed by atoms with Crippen molar-refractivity contribution in [3.63, 3.8) is 0 Å². The second kappa shape index (κ2) is 6.84. The van der Waals surface area contributed by atoms with Crippen molar-refractivity contribution >= 4 is 11.8 Å². The lowest BCUT2D eigenvalue weighted by Crippen LogP contribution is -2.47. The summed E-state index contributed by atoms with van der Waals surface area (Å²) < 4.78 is 1.43. The van der Waals surface area contributed by atoms with Crippen LogP contribution in [0.2, 0.25) is 0 Å². The van der Waals surface area contributed by atoms with Crippen molar-refractivity contribution in [2.45, 2.75) is 18.9 Å². The fourth-order valence-electron chi connectivity index (χ4n) is 2.99. The third-order valence-electron chi connectivity index (χ3n) is 4.30. The highest BCUT2D eigenvalue weighted by Gasteiger charge is 2.27. The fourth-order valence-corrected chi connectivity index (χ4v) is 2.99. The van der Waals surface area contributed by atoms with Crippen LogP contribution < -0.4 is 11.1 Å². The van der Waals surface area contributed by atoms with E-state index in [2.05, 4.69) is 10.4 Å². The summed E-state index contributed by atoms with van der Waals surface area (Å²) in [5, 5.41) is 7.54. The van der Waals surface area contributed by atoms with Crippen LogP contribution in [0, 0.1) is 0 Å². The van der Waals surface area contributed by atoms with Crippen molar-refractivity contribution in [2.75, 3.05) is 20.1 Å². The SMILES string of the molecule is CNC1CCCN(C(=O)c2cc(C(N)=O)n(-c3ccccc3)n2)C1. The molecule has 0 bridgehead atoms. The van der Waals surface area contributed by atoms with E-state index in [0.29, 0.717) is 18.8 Å². The Labute approximate surface area is 140 Å². The second-order valence-corrected chi connectivity index (χ2v) is 5.91. The first-order chi connectivity index (χ1) is 11.6. The van der Waals surface area contributed by atoms with Gasteiger partial charge in [-0.2, -0.15) is 5.10 Å². The van der Waals surface area contributed by atoms with Gasteiger partial charge >= 0.3 is 0 Å². The molecule has 1 atom stereocenters. The molecule has 3 N–H and O–H groups in total. The van der Waals surface area contributed by atoms with Gasteiger partial charge in [0.15, 0.2) is 5.69 Å². The van der Waals surface area contributed by atoms with Gasteiger partial charge in [0.05, 0.1) is 5.69 Å². The number of benzene rings is 1. The van der Waals surface area contributed by atoms with Crippen LogP contribution in [0.5, 0.6) is 0 Å². The number of rotatable bonds is 4. The van der Waals surface area contributed by atoms with Crippen LogP contribution in [0.4, 0.5) is 0 Å². The number of piperidine rings is 1. The molecule has 24 heavy (non-hydrogen) atoms. The summed E-state index contributed by atoms with van der Waals surface area (Å²) in [7, 11) is 1.90. The molecule has 0 aliphatic carbocycles. The Bertz CT molecular complexity index is 741. The highest BCUT2D eigenvalue weighted by molar-refractivity contribution is 5.97. The maximum Gasteiger partial charge on any atom is 0.274 e. The number of nitrogens with zero attached hydrogens (tertiary/aromatic N) is 3. The Kier molecular flexibility index (Phi) is 4.61. The molecule has 1 fully saturated rings. The Morgan fingerprint density at radius 1 is 1.29 bits per heavy atom. The number of hydrogen-bond donors (Lipinski definition) is 2. The van der Waals surface area contributed by atoms with Crippen LogP contribution in [0.15, 0.2) is 36.4 Å². The Hall–Kier alpha value is -2.67. The van der Waals surface area contributed by atoms with Gasteiger partial charge in [0.25, 0.3) is 11.8 Å². The molecule has 1 aromatic carbocycles. The van der Waals surface area contributed by atoms with E-state index in [4.69, 9.17) is 5.73 Å². The molecular formula is C17H21N5O2. The number of primary amides is 1. The first kappa shape index (κ1) is 16.2. The van der Waals surface area contributed by atoms with Gasteiger partial charge in [-0.15, -0.1) is 0 Å². The van der Waals surface area contributed by atoms with E-state index in [9.17, 15) is 9.59 Å². The smallest absolute Gasteiger partial charge is 0.274 e. The van der Waals surface area contributed by atoms with E-state index in [1.54, 1.807) is 4.90 Å². The third-order valence-corrected chi connectivity index (χ3v) is 4.30. The molecule has 1 unspecified atom stereocenters. The van der Waals surface area contributed by atoms with Gasteiger partial charge in [-0.05, 0) is 32.0 Å². The molecule has 1 saturated heterocycles. The number of carbonyl (C=O) groups excluding carboxylic acids is 2. The van der Waals surface area contributed by atoms with Crippen molar-refractivity contribution in [1.29, 1.82) is 0 Å². The molecule has 7 heteroatoms. The maximum absolute atomic E-state index is 12.8. The van der Waals surface area contributed by atoms with E-state index >= 15 is 0 Å². The van der Waals surface area contributed by atoms with Crippen LogP contribution in [0.25, 0.3) is 5.69 Å². The quantitative estimate of drug-likeness (QED) is 0.868. The number of hydrogen-bond acceptors (Lipinski definition) is 4. The number of likely N-dealkylation sites (N-methyl/N-ethyl adjacent to an activating group) is 1. The molecule has 0 spiro atoms. The molecule has 2 heterocycles. The van der Waals surface area contributed by atoms with Gasteiger partial charge in [0.1, 0.15) is 5.69 Å². The van der Waals surface area contributed by atoms with E-state index in [1.165, 1.54) is 10.7 Å². The number of likely N-dealkylation sites (tertiary alicyclic amines) is 1. The summed E-state index contributed by atoms with van der Waals surface area (Å²) in [6.45, 7) is 1.33. The van der Waals surface area contributed by atoms with Crippen molar-refractivity contribution in [3.8, 4) is 5.69 Å². The first-order valence-electron chi connectivity index (χ1n) is 8.02. The van der Waals surface area contributed by atoms with Crippen molar-refractivity contribution in [1.82, 2.24) is 20.0 Å². The lowest BCUT2D eigenvalue weighted by atomic mass is 10.1. The second-order valence-electron chi connectivity index (χ2n) is 5.91. The molecule has 126 valence electrons. The van der Waals surface area contributed by atoms with Crippen LogP contribution in [-0.2, 0) is 0 Å². The molecule has 3 rings (SSSR count). The standard InChI is InChI=1S/C17H21N5O2/c1-19-12-6-5-9-21(11-12)17(24)14-10-15(16(18)23)22(20-14)13-7-3-2-4-8-13/h2-4,7-8,10,12,19H,5-6,9,11H2,1H3,(H2,18,23). The number of para-hydroxylation sites is 1. The number of amides is 2. The predicted molar refractivity (Wildman–Crippen MR) is 90.1 cm³/mol. The molecule has 0 saturated carbocycles. The molecule has 0 radical (unpaired) electrons. The average Bonchev–Trinajstić information content (AvgIpc) is 3.07. The predicted octanol–water partition coefficient (Wildman–Crippen LogP) is 0.795. The van der Waals surface area contributed by atoms with Gasteiger partial charge < -0.3 is 16.0 Å². The van der Waals surface area contributed by atoms with Crippen molar-refractivity contribution in [2.24, 2.45) is 5.73 Å². The summed E-state index contributed by atoms with van der Waals surface area (Å²) in [6.07, 6.45) is 1.99. The first-order valence-corrected chi connectivity index (χ1v) is 8.02. The number of nitrogens with two attached hydrogens (primary N) is 1. The summed E-state index contributed by atoms with van der Waals surface area (Å²) in [5.74, 6) is -0.788. The van der Waals surface area contributed by atoms with Gasteiger partial charge in [0, 0.05) is 25.2 Å². The maximum atomic E-state index is 12.8. The van der Waals surface area contributed by atoms with E-state index in [1.807, 2.05) is 37.4 Å². The minimum absolute atomic E-state index is 0.174. The van der Waals surface area contributed by atoms with Crippen LogP contribution >= 0.6 is 0 Å². The van der Waals surface area contributed by atoms with Gasteiger partial charge in [-0.1, -0.05) is 18.2 Å². The van der Waals surface area contributed by atoms with Crippen molar-refractivity contribution < 1.29 is 9.59 Å². The molecule has 2 aromatic rings. The number of nitrogens with one attached hydrogen (secondary N) is 1. The van der Waals surface area contributed by atoms with Crippen molar-refractivity contribution in [3.05, 3.63) is 47.8 Å². The zero-order valence-electron chi connectivity index (χ0n) is 13.6. The van der Waals surface area contributed by atoms with Gasteiger partial charge in [-0.3, -0.25) is 9.59 Å². The highest BCUT2D eigenvalue weighted by Crippen LogP contribution is 2.16. The van der Waals surface area contributed by atoms with E-state index in [0.717, 1.165) is 12.8 Å². The number of carbonyl (C=O) groups is 2. The minimum atomic E-state index is -0.614. The average molecular weight is 327 g/mol. The molecule has 1 aliphatic rings. The van der Waals surface area contributed by atoms with Gasteiger partial charge in [-0.25, -0.2) is 4.68 Å². The minimum Gasteiger partial charge on any atom is -0.364 e. The highest BCUT2D eigenvalue weighted by atomic mass is 16.2. The Morgan fingerprint density at radius 2 is 2.04 bits per heavy atom. The lowest BCUT2D eigenvalue weighted by molar-refractivity contribution is 0.0691. The zero-order valence-corrected chi connectivity index (χ0v) is 13.6. The number of aromatic nitrogens is 2. The fraction of sp³-hybridized carbons (Fsp3) is 0.353. The molecule has 1 aromatic heterocycles. The van der Waals surface area contributed by atoms with Crippen LogP contribution in [0.3, 0.4) is 0 Å². The zero-order chi connectivity index (χ0) is 17.1. The van der Waals surface area contributed by atoms with Crippen LogP contribution in [-0.4, -0.2) is 52.7 Å². The molecule has 7 nitrogen and oxygen atoms in total. The summed E-state index contributed by atoms with van der Waals surface area (Å²) in [6, 6.07) is 10.9. The Morgan fingerprint density at radius 3 is 2.71 bits per heavy atom. The van der Waals surface area contributed by atoms with Crippen LogP contribution in [0.1, 0.15) is 33.8 Å². The third kappa shape index (κ3) is 3.16. The lowest BCUT2D eigenvalue weighted by Gasteiger charge is -2.32. The topological polar surface area (TPSA) is 93.3 Å². The summed E-state index contributed by atoms with van der Waals surface area (Å²) >= 11 is 0. The largest absolute Gasteiger partial charge is 0.364 e. The van der Waals surface area contributed by atoms with Gasteiger partial charge in [0.2, 0.25) is 0 Å².